The molecule has 3 rings (SSSR count). The highest BCUT2D eigenvalue weighted by molar-refractivity contribution is 5.52. The van der Waals surface area contributed by atoms with Crippen molar-refractivity contribution in [1.29, 1.82) is 0 Å². The molecule has 0 atom stereocenters. The van der Waals surface area contributed by atoms with Crippen LogP contribution in [0.4, 0.5) is 0 Å². The van der Waals surface area contributed by atoms with E-state index in [-0.39, 0.29) is 0 Å². The van der Waals surface area contributed by atoms with E-state index in [0.29, 0.717) is 18.3 Å². The van der Waals surface area contributed by atoms with Gasteiger partial charge in [0.25, 0.3) is 0 Å². The molecule has 1 aromatic heterocycles. The lowest BCUT2D eigenvalue weighted by molar-refractivity contribution is 0.272. The predicted octanol–water partition coefficient (Wildman–Crippen LogP) is 3.92. The first-order valence-corrected chi connectivity index (χ1v) is 6.10. The van der Waals surface area contributed by atoms with Gasteiger partial charge in [0.2, 0.25) is 5.89 Å². The summed E-state index contributed by atoms with van der Waals surface area (Å²) in [6.07, 6.45) is 1.70. The molecular formula is C16H13NO2. The van der Waals surface area contributed by atoms with Crippen molar-refractivity contribution < 1.29 is 9.15 Å². The number of nitrogens with zero attached hydrogens (tertiary/aromatic N) is 1. The van der Waals surface area contributed by atoms with E-state index in [4.69, 9.17) is 9.15 Å². The van der Waals surface area contributed by atoms with Crippen LogP contribution in [0.25, 0.3) is 11.5 Å². The zero-order valence-corrected chi connectivity index (χ0v) is 10.3. The number of rotatable bonds is 4. The molecule has 1 heterocycles. The molecule has 0 amide bonds. The minimum atomic E-state index is 0.379. The van der Waals surface area contributed by atoms with Crippen LogP contribution in [0.5, 0.6) is 5.75 Å². The van der Waals surface area contributed by atoms with E-state index < -0.39 is 0 Å². The van der Waals surface area contributed by atoms with Crippen LogP contribution in [0.15, 0.2) is 71.3 Å². The Bertz CT molecular complexity index is 632. The lowest BCUT2D eigenvalue weighted by Crippen LogP contribution is -1.92. The fourth-order valence-electron chi connectivity index (χ4n) is 1.76. The zero-order valence-electron chi connectivity index (χ0n) is 10.3. The van der Waals surface area contributed by atoms with Crippen molar-refractivity contribution in [2.75, 3.05) is 0 Å². The predicted molar refractivity (Wildman–Crippen MR) is 72.7 cm³/mol. The van der Waals surface area contributed by atoms with Crippen molar-refractivity contribution in [3.8, 4) is 17.2 Å². The Morgan fingerprint density at radius 2 is 1.58 bits per heavy atom. The molecule has 0 aliphatic heterocycles. The number of para-hydroxylation sites is 1. The van der Waals surface area contributed by atoms with Gasteiger partial charge in [-0.3, -0.25) is 0 Å². The Kier molecular flexibility index (Phi) is 3.28. The highest BCUT2D eigenvalue weighted by Crippen LogP contribution is 2.19. The molecule has 0 aliphatic carbocycles. The van der Waals surface area contributed by atoms with E-state index in [1.165, 1.54) is 0 Å². The van der Waals surface area contributed by atoms with Gasteiger partial charge in [0.15, 0.2) is 5.76 Å². The smallest absolute Gasteiger partial charge is 0.226 e. The molecule has 0 fully saturated rings. The molecule has 0 saturated carbocycles. The second-order valence-corrected chi connectivity index (χ2v) is 4.10. The molecule has 0 N–H and O–H groups in total. The molecule has 19 heavy (non-hydrogen) atoms. The third-order valence-corrected chi connectivity index (χ3v) is 2.70. The molecule has 2 aromatic carbocycles. The monoisotopic (exact) mass is 251 g/mol. The summed E-state index contributed by atoms with van der Waals surface area (Å²) in [5.74, 6) is 2.15. The van der Waals surface area contributed by atoms with Gasteiger partial charge in [0, 0.05) is 5.56 Å². The van der Waals surface area contributed by atoms with Crippen LogP contribution < -0.4 is 4.74 Å². The highest BCUT2D eigenvalue weighted by Gasteiger charge is 2.06. The summed E-state index contributed by atoms with van der Waals surface area (Å²) in [5.41, 5.74) is 0.966. The quantitative estimate of drug-likeness (QED) is 0.705. The number of hydrogen-bond donors (Lipinski definition) is 0. The van der Waals surface area contributed by atoms with Crippen LogP contribution in [0.2, 0.25) is 0 Å². The fraction of sp³-hybridized carbons (Fsp3) is 0.0625. The molecular weight excluding hydrogens is 238 g/mol. The Balaban J connectivity index is 1.69. The maximum Gasteiger partial charge on any atom is 0.226 e. The molecule has 94 valence electrons. The number of aromatic nitrogens is 1. The Morgan fingerprint density at radius 3 is 2.32 bits per heavy atom. The third-order valence-electron chi connectivity index (χ3n) is 2.70. The van der Waals surface area contributed by atoms with Gasteiger partial charge in [0.1, 0.15) is 12.4 Å². The van der Waals surface area contributed by atoms with Gasteiger partial charge < -0.3 is 9.15 Å². The summed E-state index contributed by atoms with van der Waals surface area (Å²) in [6.45, 7) is 0.379. The van der Waals surface area contributed by atoms with Gasteiger partial charge in [-0.2, -0.15) is 0 Å². The van der Waals surface area contributed by atoms with E-state index >= 15 is 0 Å². The summed E-state index contributed by atoms with van der Waals surface area (Å²) in [6, 6.07) is 19.5. The van der Waals surface area contributed by atoms with E-state index in [1.54, 1.807) is 6.20 Å². The van der Waals surface area contributed by atoms with Gasteiger partial charge in [-0.25, -0.2) is 4.98 Å². The van der Waals surface area contributed by atoms with Crippen molar-refractivity contribution in [3.63, 3.8) is 0 Å². The van der Waals surface area contributed by atoms with Crippen LogP contribution in [-0.4, -0.2) is 4.98 Å². The van der Waals surface area contributed by atoms with Crippen molar-refractivity contribution >= 4 is 0 Å². The maximum atomic E-state index is 5.66. The topological polar surface area (TPSA) is 35.3 Å². The molecule has 0 aliphatic rings. The summed E-state index contributed by atoms with van der Waals surface area (Å²) in [4.78, 5) is 4.25. The van der Waals surface area contributed by atoms with Crippen molar-refractivity contribution in [3.05, 3.63) is 72.6 Å². The first-order valence-electron chi connectivity index (χ1n) is 6.10. The zero-order chi connectivity index (χ0) is 12.9. The summed E-state index contributed by atoms with van der Waals surface area (Å²) in [5, 5.41) is 0. The maximum absolute atomic E-state index is 5.66. The molecule has 3 nitrogen and oxygen atoms in total. The lowest BCUT2D eigenvalue weighted by Gasteiger charge is -2.02. The minimum Gasteiger partial charge on any atom is -0.486 e. The van der Waals surface area contributed by atoms with Crippen molar-refractivity contribution in [2.24, 2.45) is 0 Å². The van der Waals surface area contributed by atoms with Crippen LogP contribution in [-0.2, 0) is 6.61 Å². The average Bonchev–Trinajstić information content (AvgIpc) is 2.96. The molecule has 3 aromatic rings. The third kappa shape index (κ3) is 2.83. The van der Waals surface area contributed by atoms with Gasteiger partial charge in [-0.15, -0.1) is 0 Å². The first-order chi connectivity index (χ1) is 9.42. The molecule has 0 unspecified atom stereocenters. The van der Waals surface area contributed by atoms with Crippen molar-refractivity contribution in [2.45, 2.75) is 6.61 Å². The minimum absolute atomic E-state index is 0.379. The fourth-order valence-corrected chi connectivity index (χ4v) is 1.76. The molecule has 0 bridgehead atoms. The number of benzene rings is 2. The lowest BCUT2D eigenvalue weighted by atomic mass is 10.2. The largest absolute Gasteiger partial charge is 0.486 e. The SMILES string of the molecule is c1ccc(OCc2cnc(-c3ccccc3)o2)cc1. The number of oxazole rings is 1. The van der Waals surface area contributed by atoms with Gasteiger partial charge in [-0.1, -0.05) is 36.4 Å². The standard InChI is InChI=1S/C16H13NO2/c1-3-7-13(8-4-1)16-17-11-15(19-16)12-18-14-9-5-2-6-10-14/h1-11H,12H2. The Hall–Kier alpha value is -2.55. The van der Waals surface area contributed by atoms with E-state index in [2.05, 4.69) is 4.98 Å². The summed E-state index contributed by atoms with van der Waals surface area (Å²) >= 11 is 0. The van der Waals surface area contributed by atoms with Gasteiger partial charge >= 0.3 is 0 Å². The Labute approximate surface area is 111 Å². The number of ether oxygens (including phenoxy) is 1. The van der Waals surface area contributed by atoms with Gasteiger partial charge in [-0.05, 0) is 24.3 Å². The Morgan fingerprint density at radius 1 is 0.895 bits per heavy atom. The van der Waals surface area contributed by atoms with Crippen LogP contribution in [0, 0.1) is 0 Å². The average molecular weight is 251 g/mol. The van der Waals surface area contributed by atoms with E-state index in [9.17, 15) is 0 Å². The molecule has 0 radical (unpaired) electrons. The van der Waals surface area contributed by atoms with Crippen LogP contribution >= 0.6 is 0 Å². The highest BCUT2D eigenvalue weighted by atomic mass is 16.5. The number of hydrogen-bond acceptors (Lipinski definition) is 3. The van der Waals surface area contributed by atoms with Crippen molar-refractivity contribution in [1.82, 2.24) is 4.98 Å². The summed E-state index contributed by atoms with van der Waals surface area (Å²) < 4.78 is 11.3. The van der Waals surface area contributed by atoms with Crippen LogP contribution in [0.1, 0.15) is 5.76 Å². The second-order valence-electron chi connectivity index (χ2n) is 4.10. The summed E-state index contributed by atoms with van der Waals surface area (Å²) in [7, 11) is 0. The first kappa shape index (κ1) is 11.5. The van der Waals surface area contributed by atoms with E-state index in [0.717, 1.165) is 11.3 Å². The van der Waals surface area contributed by atoms with Gasteiger partial charge in [0.05, 0.1) is 6.20 Å². The molecule has 0 saturated heterocycles. The second kappa shape index (κ2) is 5.40. The van der Waals surface area contributed by atoms with E-state index in [1.807, 2.05) is 60.7 Å². The molecule has 3 heteroatoms. The normalized spacial score (nSPS) is 10.3. The molecule has 0 spiro atoms. The van der Waals surface area contributed by atoms with Crippen LogP contribution in [0.3, 0.4) is 0 Å².